The molecule has 12 heteroatoms. The first-order valence-corrected chi connectivity index (χ1v) is 14.2. The second-order valence-corrected chi connectivity index (χ2v) is 10.9. The number of benzene rings is 1. The summed E-state index contributed by atoms with van der Waals surface area (Å²) < 4.78 is 0. The summed E-state index contributed by atoms with van der Waals surface area (Å²) in [5.74, 6) is -1.52. The molecule has 0 fully saturated rings. The van der Waals surface area contributed by atoms with Gasteiger partial charge in [-0.05, 0) is 42.7 Å². The fourth-order valence-electron chi connectivity index (χ4n) is 4.48. The van der Waals surface area contributed by atoms with E-state index in [2.05, 4.69) is 25.9 Å². The molecule has 12 nitrogen and oxygen atoms in total. The number of carbonyl (C=O) groups excluding carboxylic acids is 4. The Labute approximate surface area is 241 Å². The van der Waals surface area contributed by atoms with Crippen LogP contribution in [0.2, 0.25) is 0 Å². The number of nitrogens with two attached hydrogens (primary N) is 3. The number of amides is 3. The highest BCUT2D eigenvalue weighted by Gasteiger charge is 2.30. The van der Waals surface area contributed by atoms with E-state index in [9.17, 15) is 19.2 Å². The quantitative estimate of drug-likeness (QED) is 0.0629. The normalized spacial score (nSPS) is 14.9. The van der Waals surface area contributed by atoms with Crippen molar-refractivity contribution in [3.05, 3.63) is 36.0 Å². The highest BCUT2D eigenvalue weighted by Crippen LogP contribution is 2.19. The van der Waals surface area contributed by atoms with Gasteiger partial charge in [-0.3, -0.25) is 19.4 Å². The highest BCUT2D eigenvalue weighted by atomic mass is 16.2. The van der Waals surface area contributed by atoms with Gasteiger partial charge >= 0.3 is 0 Å². The van der Waals surface area contributed by atoms with Crippen molar-refractivity contribution in [3.8, 4) is 0 Å². The van der Waals surface area contributed by atoms with E-state index in [0.717, 1.165) is 16.5 Å². The van der Waals surface area contributed by atoms with Crippen molar-refractivity contribution in [2.75, 3.05) is 6.54 Å². The van der Waals surface area contributed by atoms with Gasteiger partial charge in [0.15, 0.2) is 5.96 Å². The number of fused-ring (bicyclic) bond motifs is 1. The van der Waals surface area contributed by atoms with Gasteiger partial charge in [0.1, 0.15) is 18.4 Å². The highest BCUT2D eigenvalue weighted by molar-refractivity contribution is 5.93. The molecule has 0 spiro atoms. The average Bonchev–Trinajstić information content (AvgIpc) is 3.34. The number of para-hydroxylation sites is 1. The maximum atomic E-state index is 13.4. The third kappa shape index (κ3) is 10.5. The Morgan fingerprint density at radius 1 is 1.00 bits per heavy atom. The Morgan fingerprint density at radius 3 is 2.29 bits per heavy atom. The fraction of sp³-hybridized carbons (Fsp3) is 0.552. The van der Waals surface area contributed by atoms with Crippen molar-refractivity contribution in [3.63, 3.8) is 0 Å². The van der Waals surface area contributed by atoms with Gasteiger partial charge in [0.25, 0.3) is 0 Å². The SMILES string of the molecule is CC[C@H](C)[C@H](N)C(=O)N[C@@H](CC(C)C)C(=O)N[C@@H](CCCN=C(N)N)C(=O)N[C@H](C=O)Cc1c[nH]c2ccccc12. The van der Waals surface area contributed by atoms with Crippen LogP contribution >= 0.6 is 0 Å². The third-order valence-corrected chi connectivity index (χ3v) is 7.08. The molecule has 226 valence electrons. The Kier molecular flexibility index (Phi) is 13.3. The van der Waals surface area contributed by atoms with E-state index in [1.165, 1.54) is 0 Å². The molecule has 3 amide bonds. The summed E-state index contributed by atoms with van der Waals surface area (Å²) in [4.78, 5) is 58.6. The lowest BCUT2D eigenvalue weighted by Crippen LogP contribution is -2.57. The molecule has 0 saturated carbocycles. The lowest BCUT2D eigenvalue weighted by atomic mass is 9.97. The summed E-state index contributed by atoms with van der Waals surface area (Å²) >= 11 is 0. The van der Waals surface area contributed by atoms with Gasteiger partial charge in [-0.15, -0.1) is 0 Å². The van der Waals surface area contributed by atoms with Crippen molar-refractivity contribution in [2.24, 2.45) is 34.0 Å². The molecular formula is C29H46N8O4. The van der Waals surface area contributed by atoms with E-state index in [-0.39, 0.29) is 37.2 Å². The molecule has 1 heterocycles. The smallest absolute Gasteiger partial charge is 0.243 e. The van der Waals surface area contributed by atoms with Crippen LogP contribution in [0.1, 0.15) is 58.9 Å². The van der Waals surface area contributed by atoms with E-state index in [1.54, 1.807) is 0 Å². The van der Waals surface area contributed by atoms with E-state index >= 15 is 0 Å². The van der Waals surface area contributed by atoms with Crippen LogP contribution in [0.4, 0.5) is 0 Å². The topological polar surface area (TPSA) is 211 Å². The van der Waals surface area contributed by atoms with E-state index < -0.39 is 41.9 Å². The van der Waals surface area contributed by atoms with Crippen LogP contribution < -0.4 is 33.2 Å². The third-order valence-electron chi connectivity index (χ3n) is 7.08. The van der Waals surface area contributed by atoms with Crippen molar-refractivity contribution in [1.29, 1.82) is 0 Å². The second kappa shape index (κ2) is 16.4. The number of carbonyl (C=O) groups is 4. The van der Waals surface area contributed by atoms with Gasteiger partial charge in [0.2, 0.25) is 17.7 Å². The van der Waals surface area contributed by atoms with Gasteiger partial charge < -0.3 is 42.9 Å². The molecule has 1 aromatic heterocycles. The molecule has 0 bridgehead atoms. The van der Waals surface area contributed by atoms with Crippen molar-refractivity contribution in [1.82, 2.24) is 20.9 Å². The number of H-pyrrole nitrogens is 1. The first-order chi connectivity index (χ1) is 19.5. The van der Waals surface area contributed by atoms with Crippen molar-refractivity contribution < 1.29 is 19.2 Å². The monoisotopic (exact) mass is 570 g/mol. The minimum Gasteiger partial charge on any atom is -0.370 e. The van der Waals surface area contributed by atoms with Crippen LogP contribution in [-0.4, -0.2) is 65.7 Å². The van der Waals surface area contributed by atoms with Crippen LogP contribution in [0.5, 0.6) is 0 Å². The zero-order valence-electron chi connectivity index (χ0n) is 24.5. The van der Waals surface area contributed by atoms with Gasteiger partial charge in [0.05, 0.1) is 12.1 Å². The van der Waals surface area contributed by atoms with Crippen LogP contribution in [0, 0.1) is 11.8 Å². The molecule has 2 rings (SSSR count). The number of hydrogen-bond donors (Lipinski definition) is 7. The van der Waals surface area contributed by atoms with E-state index in [4.69, 9.17) is 17.2 Å². The zero-order chi connectivity index (χ0) is 30.5. The molecule has 0 unspecified atom stereocenters. The first-order valence-electron chi connectivity index (χ1n) is 14.2. The number of aliphatic imine (C=N–C) groups is 1. The molecule has 2 aromatic rings. The van der Waals surface area contributed by atoms with Gasteiger partial charge in [-0.2, -0.15) is 0 Å². The lowest BCUT2D eigenvalue weighted by molar-refractivity contribution is -0.133. The Balaban J connectivity index is 2.19. The lowest BCUT2D eigenvalue weighted by Gasteiger charge is -2.26. The molecule has 0 radical (unpaired) electrons. The second-order valence-electron chi connectivity index (χ2n) is 10.9. The summed E-state index contributed by atoms with van der Waals surface area (Å²) in [5, 5.41) is 9.26. The summed E-state index contributed by atoms with van der Waals surface area (Å²) in [7, 11) is 0. The summed E-state index contributed by atoms with van der Waals surface area (Å²) in [6.45, 7) is 7.93. The predicted molar refractivity (Wildman–Crippen MR) is 161 cm³/mol. The maximum absolute atomic E-state index is 13.4. The standard InChI is InChI=1S/C29H46N8O4/c1-5-18(4)25(30)28(41)37-24(13-17(2)3)27(40)36-23(11-8-12-33-29(31)32)26(39)35-20(16-38)14-19-15-34-22-10-7-6-9-21(19)22/h6-7,9-10,15-18,20,23-25,34H,5,8,11-14,30H2,1-4H3,(H,35,39)(H,36,40)(H,37,41)(H4,31,32,33)/t18-,20-,23-,24-,25-/m0/s1. The van der Waals surface area contributed by atoms with Crippen LogP contribution in [0.15, 0.2) is 35.5 Å². The number of guanidine groups is 1. The number of aromatic nitrogens is 1. The molecular weight excluding hydrogens is 524 g/mol. The molecule has 0 saturated heterocycles. The Bertz CT molecular complexity index is 1190. The first kappa shape index (κ1) is 33.3. The minimum atomic E-state index is -0.989. The number of aldehydes is 1. The number of aromatic amines is 1. The molecule has 5 atom stereocenters. The Hall–Kier alpha value is -3.93. The van der Waals surface area contributed by atoms with Gasteiger partial charge in [0, 0.05) is 30.1 Å². The summed E-state index contributed by atoms with van der Waals surface area (Å²) in [6.07, 6.45) is 4.43. The molecule has 0 aliphatic heterocycles. The number of hydrogen-bond acceptors (Lipinski definition) is 6. The van der Waals surface area contributed by atoms with Gasteiger partial charge in [-0.25, -0.2) is 0 Å². The predicted octanol–water partition coefficient (Wildman–Crippen LogP) is 0.837. The van der Waals surface area contributed by atoms with Gasteiger partial charge in [-0.1, -0.05) is 52.3 Å². The van der Waals surface area contributed by atoms with Crippen LogP contribution in [0.3, 0.4) is 0 Å². The number of nitrogens with zero attached hydrogens (tertiary/aromatic N) is 1. The van der Waals surface area contributed by atoms with Crippen molar-refractivity contribution in [2.45, 2.75) is 84.0 Å². The van der Waals surface area contributed by atoms with E-state index in [1.807, 2.05) is 58.2 Å². The fourth-order valence-corrected chi connectivity index (χ4v) is 4.48. The van der Waals surface area contributed by atoms with E-state index in [0.29, 0.717) is 25.5 Å². The van der Waals surface area contributed by atoms with Crippen molar-refractivity contribution >= 4 is 40.9 Å². The number of nitrogens with one attached hydrogen (secondary N) is 4. The van der Waals surface area contributed by atoms with Crippen LogP contribution in [0.25, 0.3) is 10.9 Å². The average molecular weight is 571 g/mol. The number of rotatable bonds is 17. The molecule has 1 aromatic carbocycles. The maximum Gasteiger partial charge on any atom is 0.243 e. The Morgan fingerprint density at radius 2 is 1.66 bits per heavy atom. The zero-order valence-corrected chi connectivity index (χ0v) is 24.5. The van der Waals surface area contributed by atoms with Crippen LogP contribution in [-0.2, 0) is 25.6 Å². The summed E-state index contributed by atoms with van der Waals surface area (Å²) in [5.41, 5.74) is 18.7. The summed E-state index contributed by atoms with van der Waals surface area (Å²) in [6, 6.07) is 4.21. The minimum absolute atomic E-state index is 0.0655. The molecule has 10 N–H and O–H groups in total. The molecule has 41 heavy (non-hydrogen) atoms. The largest absolute Gasteiger partial charge is 0.370 e. The molecule has 0 aliphatic carbocycles. The molecule has 0 aliphatic rings.